The molecule has 194 valence electrons. The molecule has 32 heavy (non-hydrogen) atoms. The molecule has 0 rings (SSSR count). The molecule has 0 saturated heterocycles. The van der Waals surface area contributed by atoms with Gasteiger partial charge in [0.05, 0.1) is 0 Å². The third-order valence-corrected chi connectivity index (χ3v) is 7.19. The fourth-order valence-electron chi connectivity index (χ4n) is 4.91. The Morgan fingerprint density at radius 3 is 0.688 bits per heavy atom. The zero-order chi connectivity index (χ0) is 23.4. The lowest BCUT2D eigenvalue weighted by atomic mass is 10.0. The van der Waals surface area contributed by atoms with E-state index in [0.717, 1.165) is 12.3 Å². The van der Waals surface area contributed by atoms with Gasteiger partial charge in [0.25, 0.3) is 0 Å². The highest BCUT2D eigenvalue weighted by Crippen LogP contribution is 2.16. The van der Waals surface area contributed by atoms with E-state index in [-0.39, 0.29) is 0 Å². The number of aliphatic hydroxyl groups is 1. The summed E-state index contributed by atoms with van der Waals surface area (Å²) >= 11 is 0. The molecule has 0 unspecified atom stereocenters. The van der Waals surface area contributed by atoms with E-state index in [1.54, 1.807) is 0 Å². The van der Waals surface area contributed by atoms with Crippen LogP contribution in [0, 0.1) is 5.92 Å². The summed E-state index contributed by atoms with van der Waals surface area (Å²) in [7, 11) is 0. The molecule has 1 N–H and O–H groups in total. The first-order valence-electron chi connectivity index (χ1n) is 15.4. The predicted molar refractivity (Wildman–Crippen MR) is 147 cm³/mol. The van der Waals surface area contributed by atoms with Gasteiger partial charge < -0.3 is 5.11 Å². The van der Waals surface area contributed by atoms with Gasteiger partial charge in [-0.25, -0.2) is 0 Å². The van der Waals surface area contributed by atoms with Crippen LogP contribution >= 0.6 is 0 Å². The predicted octanol–water partition coefficient (Wildman–Crippen LogP) is 11.2. The van der Waals surface area contributed by atoms with Crippen molar-refractivity contribution in [2.45, 2.75) is 187 Å². The topological polar surface area (TPSA) is 20.2 Å². The van der Waals surface area contributed by atoms with E-state index in [1.807, 2.05) is 0 Å². The summed E-state index contributed by atoms with van der Waals surface area (Å²) in [5.74, 6) is 0.893. The average Bonchev–Trinajstić information content (AvgIpc) is 2.78. The van der Waals surface area contributed by atoms with Crippen molar-refractivity contribution in [3.8, 4) is 0 Å². The van der Waals surface area contributed by atoms with Crippen molar-refractivity contribution in [3.63, 3.8) is 0 Å². The van der Waals surface area contributed by atoms with Crippen LogP contribution in [0.15, 0.2) is 0 Å². The van der Waals surface area contributed by atoms with Crippen LogP contribution in [0.25, 0.3) is 0 Å². The number of hydrogen-bond donors (Lipinski definition) is 1. The summed E-state index contributed by atoms with van der Waals surface area (Å²) in [5.41, 5.74) is 0. The second-order valence-corrected chi connectivity index (χ2v) is 11.1. The molecule has 0 heterocycles. The molecule has 0 aliphatic heterocycles. The molecule has 0 saturated carbocycles. The van der Waals surface area contributed by atoms with Gasteiger partial charge in [0.2, 0.25) is 0 Å². The van der Waals surface area contributed by atoms with E-state index in [0.29, 0.717) is 6.61 Å². The van der Waals surface area contributed by atoms with Crippen LogP contribution in [-0.4, -0.2) is 11.7 Å². The third kappa shape index (κ3) is 30.0. The van der Waals surface area contributed by atoms with Crippen molar-refractivity contribution >= 4 is 0 Å². The van der Waals surface area contributed by atoms with Gasteiger partial charge in [-0.1, -0.05) is 181 Å². The molecular formula is C31H64O. The van der Waals surface area contributed by atoms with Gasteiger partial charge in [-0.05, 0) is 12.3 Å². The van der Waals surface area contributed by atoms with Crippen LogP contribution in [0.2, 0.25) is 0 Å². The van der Waals surface area contributed by atoms with E-state index in [9.17, 15) is 0 Å². The van der Waals surface area contributed by atoms with E-state index in [1.165, 1.54) is 167 Å². The average molecular weight is 453 g/mol. The minimum atomic E-state index is 0.374. The van der Waals surface area contributed by atoms with Crippen molar-refractivity contribution < 1.29 is 5.11 Å². The van der Waals surface area contributed by atoms with Gasteiger partial charge in [0.15, 0.2) is 0 Å². The Morgan fingerprint density at radius 1 is 0.312 bits per heavy atom. The van der Waals surface area contributed by atoms with Crippen molar-refractivity contribution in [1.29, 1.82) is 0 Å². The van der Waals surface area contributed by atoms with E-state index < -0.39 is 0 Å². The Morgan fingerprint density at radius 2 is 0.500 bits per heavy atom. The SMILES string of the molecule is CC(C)CCCCCCCCCCCCCCCCCCCCCCCCCCCCO. The lowest BCUT2D eigenvalue weighted by Gasteiger charge is -2.05. The Bertz CT molecular complexity index is 312. The number of aliphatic hydroxyl groups excluding tert-OH is 1. The molecule has 1 nitrogen and oxygen atoms in total. The molecule has 0 atom stereocenters. The normalized spacial score (nSPS) is 11.6. The maximum atomic E-state index is 8.76. The molecule has 0 aliphatic carbocycles. The summed E-state index contributed by atoms with van der Waals surface area (Å²) in [6.07, 6.45) is 38.6. The lowest BCUT2D eigenvalue weighted by Crippen LogP contribution is -1.87. The summed E-state index contributed by atoms with van der Waals surface area (Å²) in [6.45, 7) is 5.06. The molecule has 0 radical (unpaired) electrons. The maximum absolute atomic E-state index is 8.76. The summed E-state index contributed by atoms with van der Waals surface area (Å²) in [6, 6.07) is 0. The minimum Gasteiger partial charge on any atom is -0.396 e. The van der Waals surface area contributed by atoms with E-state index >= 15 is 0 Å². The van der Waals surface area contributed by atoms with Gasteiger partial charge in [0.1, 0.15) is 0 Å². The Labute approximate surface area is 204 Å². The molecule has 0 amide bonds. The van der Waals surface area contributed by atoms with Crippen LogP contribution in [0.4, 0.5) is 0 Å². The van der Waals surface area contributed by atoms with E-state index in [4.69, 9.17) is 5.11 Å². The molecule has 0 spiro atoms. The summed E-state index contributed by atoms with van der Waals surface area (Å²) in [4.78, 5) is 0. The van der Waals surface area contributed by atoms with Crippen LogP contribution in [-0.2, 0) is 0 Å². The summed E-state index contributed by atoms with van der Waals surface area (Å²) < 4.78 is 0. The van der Waals surface area contributed by atoms with E-state index in [2.05, 4.69) is 13.8 Å². The fourth-order valence-corrected chi connectivity index (χ4v) is 4.91. The highest BCUT2D eigenvalue weighted by Gasteiger charge is 1.97. The largest absolute Gasteiger partial charge is 0.396 e. The molecular weight excluding hydrogens is 388 g/mol. The highest BCUT2D eigenvalue weighted by atomic mass is 16.2. The smallest absolute Gasteiger partial charge is 0.0431 e. The van der Waals surface area contributed by atoms with Gasteiger partial charge in [0, 0.05) is 6.61 Å². The van der Waals surface area contributed by atoms with Crippen LogP contribution < -0.4 is 0 Å². The monoisotopic (exact) mass is 452 g/mol. The maximum Gasteiger partial charge on any atom is 0.0431 e. The van der Waals surface area contributed by atoms with Crippen molar-refractivity contribution in [3.05, 3.63) is 0 Å². The second-order valence-electron chi connectivity index (χ2n) is 11.1. The van der Waals surface area contributed by atoms with Crippen LogP contribution in [0.3, 0.4) is 0 Å². The lowest BCUT2D eigenvalue weighted by molar-refractivity contribution is 0.282. The Hall–Kier alpha value is -0.0400. The van der Waals surface area contributed by atoms with Crippen molar-refractivity contribution in [1.82, 2.24) is 0 Å². The number of rotatable bonds is 28. The quantitative estimate of drug-likeness (QED) is 0.117. The van der Waals surface area contributed by atoms with Crippen molar-refractivity contribution in [2.24, 2.45) is 5.92 Å². The zero-order valence-electron chi connectivity index (χ0n) is 22.8. The first-order chi connectivity index (χ1) is 15.8. The van der Waals surface area contributed by atoms with Crippen LogP contribution in [0.5, 0.6) is 0 Å². The van der Waals surface area contributed by atoms with Gasteiger partial charge in [-0.3, -0.25) is 0 Å². The Balaban J connectivity index is 3.00. The molecule has 0 bridgehead atoms. The van der Waals surface area contributed by atoms with Gasteiger partial charge in [-0.2, -0.15) is 0 Å². The van der Waals surface area contributed by atoms with Gasteiger partial charge >= 0.3 is 0 Å². The molecule has 0 aromatic heterocycles. The first kappa shape index (κ1) is 32.0. The summed E-state index contributed by atoms with van der Waals surface area (Å²) in [5, 5.41) is 8.76. The molecule has 1 heteroatoms. The minimum absolute atomic E-state index is 0.374. The molecule has 0 aromatic carbocycles. The molecule has 0 aliphatic rings. The zero-order valence-corrected chi connectivity index (χ0v) is 22.8. The number of hydrogen-bond acceptors (Lipinski definition) is 1. The first-order valence-corrected chi connectivity index (χ1v) is 15.4. The molecule has 0 fully saturated rings. The van der Waals surface area contributed by atoms with Crippen molar-refractivity contribution in [2.75, 3.05) is 6.61 Å². The molecule has 0 aromatic rings. The van der Waals surface area contributed by atoms with Crippen LogP contribution in [0.1, 0.15) is 187 Å². The highest BCUT2D eigenvalue weighted by molar-refractivity contribution is 4.52. The fraction of sp³-hybridized carbons (Fsp3) is 1.00. The third-order valence-electron chi connectivity index (χ3n) is 7.19. The van der Waals surface area contributed by atoms with Gasteiger partial charge in [-0.15, -0.1) is 0 Å². The standard InChI is InChI=1S/C31H64O/c1-31(2)29-27-25-23-21-19-17-15-13-11-9-7-5-3-4-6-8-10-12-14-16-18-20-22-24-26-28-30-32/h31-32H,3-30H2,1-2H3. The Kier molecular flexibility index (Phi) is 29.0. The second kappa shape index (κ2) is 29.0. The number of unbranched alkanes of at least 4 members (excludes halogenated alkanes) is 25.